The lowest BCUT2D eigenvalue weighted by atomic mass is 9.64. The summed E-state index contributed by atoms with van der Waals surface area (Å²) in [6, 6.07) is 9.21. The SMILES string of the molecule is CCN(CC)c1ccc(CNC2CC(O)C2(C)C)cc1. The van der Waals surface area contributed by atoms with Gasteiger partial charge in [-0.3, -0.25) is 0 Å². The number of nitrogens with zero attached hydrogens (tertiary/aromatic N) is 1. The first kappa shape index (κ1) is 15.3. The number of nitrogens with one attached hydrogen (secondary N) is 1. The Kier molecular flexibility index (Phi) is 4.71. The maximum Gasteiger partial charge on any atom is 0.0621 e. The fourth-order valence-corrected chi connectivity index (χ4v) is 2.90. The third-order valence-corrected chi connectivity index (χ3v) is 4.83. The summed E-state index contributed by atoms with van der Waals surface area (Å²) in [6.45, 7) is 11.6. The summed E-state index contributed by atoms with van der Waals surface area (Å²) in [5.74, 6) is 0. The molecule has 2 N–H and O–H groups in total. The number of aliphatic hydroxyl groups excluding tert-OH is 1. The molecule has 3 nitrogen and oxygen atoms in total. The predicted molar refractivity (Wildman–Crippen MR) is 85.0 cm³/mol. The molecule has 20 heavy (non-hydrogen) atoms. The van der Waals surface area contributed by atoms with Crippen LogP contribution in [-0.4, -0.2) is 30.3 Å². The molecule has 3 heteroatoms. The molecule has 1 aromatic rings. The molecule has 1 aliphatic rings. The Bertz CT molecular complexity index is 423. The fraction of sp³-hybridized carbons (Fsp3) is 0.647. The second-order valence-electron chi connectivity index (χ2n) is 6.35. The Morgan fingerprint density at radius 2 is 1.80 bits per heavy atom. The molecule has 2 rings (SSSR count). The van der Waals surface area contributed by atoms with E-state index in [0.29, 0.717) is 6.04 Å². The summed E-state index contributed by atoms with van der Waals surface area (Å²) < 4.78 is 0. The Labute approximate surface area is 123 Å². The minimum absolute atomic E-state index is 0.00115. The van der Waals surface area contributed by atoms with Crippen molar-refractivity contribution < 1.29 is 5.11 Å². The number of hydrogen-bond acceptors (Lipinski definition) is 3. The molecular formula is C17H28N2O. The topological polar surface area (TPSA) is 35.5 Å². The summed E-state index contributed by atoms with van der Waals surface area (Å²) in [7, 11) is 0. The number of benzene rings is 1. The van der Waals surface area contributed by atoms with Crippen LogP contribution in [0.2, 0.25) is 0 Å². The van der Waals surface area contributed by atoms with Crippen LogP contribution >= 0.6 is 0 Å². The first-order valence-corrected chi connectivity index (χ1v) is 7.74. The van der Waals surface area contributed by atoms with E-state index in [1.54, 1.807) is 0 Å². The van der Waals surface area contributed by atoms with Crippen LogP contribution in [0.1, 0.15) is 39.7 Å². The highest BCUT2D eigenvalue weighted by atomic mass is 16.3. The van der Waals surface area contributed by atoms with Crippen LogP contribution in [-0.2, 0) is 6.54 Å². The van der Waals surface area contributed by atoms with Crippen LogP contribution < -0.4 is 10.2 Å². The van der Waals surface area contributed by atoms with E-state index in [0.717, 1.165) is 26.1 Å². The van der Waals surface area contributed by atoms with Crippen molar-refractivity contribution in [3.8, 4) is 0 Å². The largest absolute Gasteiger partial charge is 0.392 e. The lowest BCUT2D eigenvalue weighted by molar-refractivity contribution is -0.0729. The van der Waals surface area contributed by atoms with Gasteiger partial charge in [0.1, 0.15) is 0 Å². The quantitative estimate of drug-likeness (QED) is 0.838. The summed E-state index contributed by atoms with van der Waals surface area (Å²) in [5, 5.41) is 13.3. The fourth-order valence-electron chi connectivity index (χ4n) is 2.90. The number of rotatable bonds is 6. The van der Waals surface area contributed by atoms with Crippen LogP contribution in [0.25, 0.3) is 0 Å². The lowest BCUT2D eigenvalue weighted by Crippen LogP contribution is -2.59. The van der Waals surface area contributed by atoms with Gasteiger partial charge in [0, 0.05) is 36.8 Å². The first-order chi connectivity index (χ1) is 9.48. The standard InChI is InChI=1S/C17H28N2O/c1-5-19(6-2)14-9-7-13(8-10-14)12-18-15-11-16(20)17(15,3)4/h7-10,15-16,18,20H,5-6,11-12H2,1-4H3. The van der Waals surface area contributed by atoms with E-state index in [1.807, 2.05) is 0 Å². The molecule has 2 unspecified atom stereocenters. The van der Waals surface area contributed by atoms with Crippen LogP contribution in [0.4, 0.5) is 5.69 Å². The Hall–Kier alpha value is -1.06. The molecule has 0 saturated heterocycles. The first-order valence-electron chi connectivity index (χ1n) is 7.74. The molecule has 2 atom stereocenters. The van der Waals surface area contributed by atoms with Gasteiger partial charge in [0.05, 0.1) is 6.10 Å². The molecule has 1 saturated carbocycles. The van der Waals surface area contributed by atoms with E-state index in [9.17, 15) is 5.11 Å². The van der Waals surface area contributed by atoms with Crippen LogP contribution in [0.5, 0.6) is 0 Å². The van der Waals surface area contributed by atoms with E-state index < -0.39 is 0 Å². The molecule has 0 heterocycles. The minimum Gasteiger partial charge on any atom is -0.392 e. The highest BCUT2D eigenvalue weighted by molar-refractivity contribution is 5.47. The molecule has 0 aliphatic heterocycles. The minimum atomic E-state index is -0.162. The zero-order chi connectivity index (χ0) is 14.8. The molecule has 1 aliphatic carbocycles. The molecule has 0 amide bonds. The normalized spacial score (nSPS) is 24.2. The average Bonchev–Trinajstić information content (AvgIpc) is 2.46. The van der Waals surface area contributed by atoms with Crippen LogP contribution in [0.15, 0.2) is 24.3 Å². The molecule has 1 fully saturated rings. The van der Waals surface area contributed by atoms with Gasteiger partial charge in [0.2, 0.25) is 0 Å². The Morgan fingerprint density at radius 3 is 2.25 bits per heavy atom. The highest BCUT2D eigenvalue weighted by Crippen LogP contribution is 2.40. The summed E-state index contributed by atoms with van der Waals surface area (Å²) in [6.07, 6.45) is 0.704. The van der Waals surface area contributed by atoms with Crippen LogP contribution in [0, 0.1) is 5.41 Å². The van der Waals surface area contributed by atoms with E-state index in [4.69, 9.17) is 0 Å². The van der Waals surface area contributed by atoms with Crippen molar-refractivity contribution in [1.29, 1.82) is 0 Å². The van der Waals surface area contributed by atoms with Crippen molar-refractivity contribution in [2.45, 2.75) is 52.8 Å². The van der Waals surface area contributed by atoms with Gasteiger partial charge in [0.15, 0.2) is 0 Å². The molecule has 0 radical (unpaired) electrons. The second kappa shape index (κ2) is 6.15. The van der Waals surface area contributed by atoms with Gasteiger partial charge in [-0.05, 0) is 38.0 Å². The van der Waals surface area contributed by atoms with Gasteiger partial charge in [-0.1, -0.05) is 26.0 Å². The van der Waals surface area contributed by atoms with E-state index >= 15 is 0 Å². The van der Waals surface area contributed by atoms with Crippen molar-refractivity contribution in [2.24, 2.45) is 5.41 Å². The van der Waals surface area contributed by atoms with Gasteiger partial charge in [0.25, 0.3) is 0 Å². The highest BCUT2D eigenvalue weighted by Gasteiger charge is 2.46. The lowest BCUT2D eigenvalue weighted by Gasteiger charge is -2.49. The molecule has 0 aromatic heterocycles. The zero-order valence-corrected chi connectivity index (χ0v) is 13.2. The van der Waals surface area contributed by atoms with E-state index in [2.05, 4.69) is 62.2 Å². The van der Waals surface area contributed by atoms with Crippen molar-refractivity contribution in [1.82, 2.24) is 5.32 Å². The maximum absolute atomic E-state index is 9.75. The maximum atomic E-state index is 9.75. The van der Waals surface area contributed by atoms with Crippen molar-refractivity contribution in [2.75, 3.05) is 18.0 Å². The summed E-state index contributed by atoms with van der Waals surface area (Å²) in [4.78, 5) is 2.35. The van der Waals surface area contributed by atoms with E-state index in [-0.39, 0.29) is 11.5 Å². The number of anilines is 1. The molecule has 112 valence electrons. The monoisotopic (exact) mass is 276 g/mol. The van der Waals surface area contributed by atoms with Gasteiger partial charge >= 0.3 is 0 Å². The van der Waals surface area contributed by atoms with Gasteiger partial charge in [-0.25, -0.2) is 0 Å². The number of hydrogen-bond donors (Lipinski definition) is 2. The smallest absolute Gasteiger partial charge is 0.0621 e. The summed E-state index contributed by atoms with van der Waals surface area (Å²) >= 11 is 0. The predicted octanol–water partition coefficient (Wildman–Crippen LogP) is 2.78. The Balaban J connectivity index is 1.89. The second-order valence-corrected chi connectivity index (χ2v) is 6.35. The average molecular weight is 276 g/mol. The third-order valence-electron chi connectivity index (χ3n) is 4.83. The molecule has 1 aromatic carbocycles. The third kappa shape index (κ3) is 2.99. The van der Waals surface area contributed by atoms with Crippen molar-refractivity contribution >= 4 is 5.69 Å². The summed E-state index contributed by atoms with van der Waals surface area (Å²) in [5.41, 5.74) is 2.59. The van der Waals surface area contributed by atoms with E-state index in [1.165, 1.54) is 11.3 Å². The molecule has 0 spiro atoms. The zero-order valence-electron chi connectivity index (χ0n) is 13.2. The Morgan fingerprint density at radius 1 is 1.20 bits per heavy atom. The molecular weight excluding hydrogens is 248 g/mol. The number of aliphatic hydroxyl groups is 1. The van der Waals surface area contributed by atoms with Gasteiger partial charge in [-0.15, -0.1) is 0 Å². The van der Waals surface area contributed by atoms with Crippen molar-refractivity contribution in [3.05, 3.63) is 29.8 Å². The van der Waals surface area contributed by atoms with Gasteiger partial charge < -0.3 is 15.3 Å². The van der Waals surface area contributed by atoms with Gasteiger partial charge in [-0.2, -0.15) is 0 Å². The molecule has 0 bridgehead atoms. The van der Waals surface area contributed by atoms with Crippen molar-refractivity contribution in [3.63, 3.8) is 0 Å². The van der Waals surface area contributed by atoms with Crippen LogP contribution in [0.3, 0.4) is 0 Å².